The van der Waals surface area contributed by atoms with Crippen molar-refractivity contribution in [3.63, 3.8) is 0 Å². The van der Waals surface area contributed by atoms with E-state index in [-0.39, 0.29) is 0 Å². The van der Waals surface area contributed by atoms with Crippen LogP contribution in [-0.2, 0) is 0 Å². The predicted octanol–water partition coefficient (Wildman–Crippen LogP) is 2.85. The molecule has 1 spiro atoms. The van der Waals surface area contributed by atoms with E-state index in [0.717, 1.165) is 5.92 Å². The first-order valence-electron chi connectivity index (χ1n) is 6.08. The predicted molar refractivity (Wildman–Crippen MR) is 63.1 cm³/mol. The minimum atomic E-state index is 0.617. The molecule has 15 heavy (non-hydrogen) atoms. The first kappa shape index (κ1) is 9.41. The number of benzene rings is 1. The molecule has 80 valence electrons. The van der Waals surface area contributed by atoms with Crippen LogP contribution in [0.15, 0.2) is 24.3 Å². The molecule has 1 heteroatoms. The molecule has 0 unspecified atom stereocenters. The van der Waals surface area contributed by atoms with Crippen molar-refractivity contribution in [1.82, 2.24) is 5.32 Å². The van der Waals surface area contributed by atoms with Gasteiger partial charge < -0.3 is 5.32 Å². The largest absolute Gasteiger partial charge is 0.316 e. The van der Waals surface area contributed by atoms with Gasteiger partial charge in [0.2, 0.25) is 0 Å². The Morgan fingerprint density at radius 2 is 2.07 bits per heavy atom. The molecule has 1 heterocycles. The number of hydrogen-bond acceptors (Lipinski definition) is 1. The van der Waals surface area contributed by atoms with E-state index in [2.05, 4.69) is 36.5 Å². The van der Waals surface area contributed by atoms with Crippen molar-refractivity contribution in [1.29, 1.82) is 0 Å². The van der Waals surface area contributed by atoms with E-state index in [9.17, 15) is 0 Å². The lowest BCUT2D eigenvalue weighted by Crippen LogP contribution is -2.36. The van der Waals surface area contributed by atoms with Crippen molar-refractivity contribution in [2.75, 3.05) is 13.1 Å². The maximum Gasteiger partial charge on any atom is 0.00347 e. The van der Waals surface area contributed by atoms with Crippen LogP contribution in [0.25, 0.3) is 0 Å². The van der Waals surface area contributed by atoms with Crippen molar-refractivity contribution >= 4 is 0 Å². The number of rotatable bonds is 1. The lowest BCUT2D eigenvalue weighted by atomic mass is 9.61. The molecule has 1 aromatic rings. The summed E-state index contributed by atoms with van der Waals surface area (Å²) in [5, 5.41) is 3.59. The van der Waals surface area contributed by atoms with Gasteiger partial charge in [-0.1, -0.05) is 30.7 Å². The van der Waals surface area contributed by atoms with Gasteiger partial charge in [-0.05, 0) is 36.3 Å². The van der Waals surface area contributed by atoms with E-state index in [4.69, 9.17) is 0 Å². The molecule has 1 aliphatic heterocycles. The molecular formula is C14H19N. The highest BCUT2D eigenvalue weighted by Gasteiger charge is 2.47. The summed E-state index contributed by atoms with van der Waals surface area (Å²) in [6.45, 7) is 4.68. The highest BCUT2D eigenvalue weighted by atomic mass is 14.9. The molecule has 1 N–H and O–H groups in total. The van der Waals surface area contributed by atoms with Gasteiger partial charge in [-0.25, -0.2) is 0 Å². The highest BCUT2D eigenvalue weighted by molar-refractivity contribution is 5.33. The Labute approximate surface area is 91.9 Å². The van der Waals surface area contributed by atoms with Crippen molar-refractivity contribution in [2.45, 2.75) is 32.1 Å². The zero-order valence-electron chi connectivity index (χ0n) is 9.42. The van der Waals surface area contributed by atoms with Crippen molar-refractivity contribution in [2.24, 2.45) is 5.41 Å². The van der Waals surface area contributed by atoms with Crippen LogP contribution in [0.3, 0.4) is 0 Å². The maximum atomic E-state index is 3.59. The molecule has 0 bridgehead atoms. The molecule has 1 saturated heterocycles. The smallest absolute Gasteiger partial charge is 0.00347 e. The molecule has 3 rings (SSSR count). The van der Waals surface area contributed by atoms with Crippen LogP contribution in [0.5, 0.6) is 0 Å². The Hall–Kier alpha value is -0.820. The van der Waals surface area contributed by atoms with Crippen LogP contribution in [0.1, 0.15) is 36.3 Å². The zero-order valence-corrected chi connectivity index (χ0v) is 9.42. The van der Waals surface area contributed by atoms with Crippen LogP contribution in [-0.4, -0.2) is 13.1 Å². The molecule has 1 aliphatic carbocycles. The molecule has 2 aliphatic rings. The average molecular weight is 201 g/mol. The second-order valence-electron chi connectivity index (χ2n) is 5.26. The summed E-state index contributed by atoms with van der Waals surface area (Å²) in [6, 6.07) is 8.91. The molecule has 2 fully saturated rings. The van der Waals surface area contributed by atoms with Crippen LogP contribution < -0.4 is 5.32 Å². The fourth-order valence-electron chi connectivity index (χ4n) is 3.38. The van der Waals surface area contributed by atoms with Crippen molar-refractivity contribution in [3.8, 4) is 0 Å². The Bertz CT molecular complexity index is 365. The van der Waals surface area contributed by atoms with Gasteiger partial charge in [-0.3, -0.25) is 0 Å². The Kier molecular flexibility index (Phi) is 2.10. The molecule has 0 radical (unpaired) electrons. The van der Waals surface area contributed by atoms with Gasteiger partial charge in [0.05, 0.1) is 0 Å². The van der Waals surface area contributed by atoms with E-state index in [0.29, 0.717) is 5.41 Å². The van der Waals surface area contributed by atoms with Crippen molar-refractivity contribution in [3.05, 3.63) is 35.4 Å². The summed E-state index contributed by atoms with van der Waals surface area (Å²) in [6.07, 6.45) is 4.29. The summed E-state index contributed by atoms with van der Waals surface area (Å²) in [7, 11) is 0. The summed E-state index contributed by atoms with van der Waals surface area (Å²) in [4.78, 5) is 0. The fraction of sp³-hybridized carbons (Fsp3) is 0.571. The second-order valence-corrected chi connectivity index (χ2v) is 5.26. The maximum absolute atomic E-state index is 3.59. The summed E-state index contributed by atoms with van der Waals surface area (Å²) in [5.74, 6) is 0.771. The first-order chi connectivity index (χ1) is 7.32. The van der Waals surface area contributed by atoms with Crippen LogP contribution >= 0.6 is 0 Å². The van der Waals surface area contributed by atoms with Gasteiger partial charge in [-0.15, -0.1) is 0 Å². The Balaban J connectivity index is 1.96. The zero-order chi connectivity index (χ0) is 10.3. The summed E-state index contributed by atoms with van der Waals surface area (Å²) in [5.41, 5.74) is 3.67. The minimum Gasteiger partial charge on any atom is -0.316 e. The monoisotopic (exact) mass is 201 g/mol. The molecule has 1 atom stereocenters. The third kappa shape index (κ3) is 1.33. The van der Waals surface area contributed by atoms with Crippen LogP contribution in [0.4, 0.5) is 0 Å². The fourth-order valence-corrected chi connectivity index (χ4v) is 3.38. The SMILES string of the molecule is Cc1ccccc1[C@@H]1CNCC12CCC2. The third-order valence-electron chi connectivity index (χ3n) is 4.48. The quantitative estimate of drug-likeness (QED) is 0.736. The normalized spacial score (nSPS) is 27.9. The number of hydrogen-bond donors (Lipinski definition) is 1. The lowest BCUT2D eigenvalue weighted by Gasteiger charge is -2.43. The van der Waals surface area contributed by atoms with E-state index < -0.39 is 0 Å². The van der Waals surface area contributed by atoms with E-state index >= 15 is 0 Å². The Morgan fingerprint density at radius 1 is 1.27 bits per heavy atom. The average Bonchev–Trinajstić information content (AvgIpc) is 2.62. The third-order valence-corrected chi connectivity index (χ3v) is 4.48. The van der Waals surface area contributed by atoms with Crippen molar-refractivity contribution < 1.29 is 0 Å². The van der Waals surface area contributed by atoms with E-state index in [1.54, 1.807) is 5.56 Å². The standard InChI is InChI=1S/C14H19N/c1-11-5-2-3-6-12(11)13-9-15-10-14(13)7-4-8-14/h2-3,5-6,13,15H,4,7-10H2,1H3/t13-/m0/s1. The van der Waals surface area contributed by atoms with E-state index in [1.165, 1.54) is 37.9 Å². The molecule has 1 nitrogen and oxygen atoms in total. The van der Waals surface area contributed by atoms with Gasteiger partial charge in [-0.2, -0.15) is 0 Å². The lowest BCUT2D eigenvalue weighted by molar-refractivity contribution is 0.137. The highest BCUT2D eigenvalue weighted by Crippen LogP contribution is 2.53. The first-order valence-corrected chi connectivity index (χ1v) is 6.08. The number of aryl methyl sites for hydroxylation is 1. The molecule has 1 saturated carbocycles. The molecular weight excluding hydrogens is 182 g/mol. The molecule has 0 amide bonds. The van der Waals surface area contributed by atoms with Gasteiger partial charge in [0.15, 0.2) is 0 Å². The van der Waals surface area contributed by atoms with Gasteiger partial charge >= 0.3 is 0 Å². The van der Waals surface area contributed by atoms with Crippen LogP contribution in [0.2, 0.25) is 0 Å². The number of nitrogens with one attached hydrogen (secondary N) is 1. The van der Waals surface area contributed by atoms with Gasteiger partial charge in [0.25, 0.3) is 0 Å². The molecule has 0 aromatic heterocycles. The second kappa shape index (κ2) is 3.34. The summed E-state index contributed by atoms with van der Waals surface area (Å²) >= 11 is 0. The molecule has 1 aromatic carbocycles. The topological polar surface area (TPSA) is 12.0 Å². The Morgan fingerprint density at radius 3 is 2.73 bits per heavy atom. The van der Waals surface area contributed by atoms with Crippen LogP contribution in [0, 0.1) is 12.3 Å². The van der Waals surface area contributed by atoms with Gasteiger partial charge in [0, 0.05) is 19.0 Å². The van der Waals surface area contributed by atoms with Gasteiger partial charge in [0.1, 0.15) is 0 Å². The summed E-state index contributed by atoms with van der Waals surface area (Å²) < 4.78 is 0. The minimum absolute atomic E-state index is 0.617. The van der Waals surface area contributed by atoms with E-state index in [1.807, 2.05) is 0 Å².